The molecular weight excluding hydrogens is 262 g/mol. The third-order valence-corrected chi connectivity index (χ3v) is 4.50. The summed E-state index contributed by atoms with van der Waals surface area (Å²) < 4.78 is 5.48. The number of hydrogen-bond acceptors (Lipinski definition) is 2. The van der Waals surface area contributed by atoms with Gasteiger partial charge in [-0.1, -0.05) is 13.0 Å². The predicted octanol–water partition coefficient (Wildman–Crippen LogP) is 3.33. The summed E-state index contributed by atoms with van der Waals surface area (Å²) in [6, 6.07) is 6.44. The van der Waals surface area contributed by atoms with Crippen LogP contribution in [0.2, 0.25) is 0 Å². The van der Waals surface area contributed by atoms with Gasteiger partial charge in [0.15, 0.2) is 0 Å². The number of carbonyl (C=O) groups excluding carboxylic acids is 1. The van der Waals surface area contributed by atoms with Crippen LogP contribution in [0.25, 0.3) is 6.08 Å². The lowest BCUT2D eigenvalue weighted by atomic mass is 9.87. The fraction of sp³-hybridized carbons (Fsp3) is 0.500. The van der Waals surface area contributed by atoms with E-state index in [0.717, 1.165) is 43.1 Å². The number of nitrogens with one attached hydrogen (secondary N) is 1. The molecular formula is C18H23NO2. The number of hydrogen-bond donors (Lipinski definition) is 1. The van der Waals surface area contributed by atoms with Crippen LogP contribution in [0.3, 0.4) is 0 Å². The Balaban J connectivity index is 1.54. The molecule has 0 aromatic heterocycles. The SMILES string of the molecule is CC1CCC(NC(=O)C=Cc2ccc3c(c2)CCO3)CC1. The standard InChI is InChI=1S/C18H23NO2/c1-13-2-6-16(7-3-13)19-18(20)9-5-14-4-8-17-15(12-14)10-11-21-17/h4-5,8-9,12-13,16H,2-3,6-7,10-11H2,1H3,(H,19,20). The average Bonchev–Trinajstić information content (AvgIpc) is 2.95. The second-order valence-corrected chi connectivity index (χ2v) is 6.26. The Kier molecular flexibility index (Phi) is 4.28. The lowest BCUT2D eigenvalue weighted by Crippen LogP contribution is -2.36. The number of rotatable bonds is 3. The van der Waals surface area contributed by atoms with Gasteiger partial charge in [0, 0.05) is 18.5 Å². The summed E-state index contributed by atoms with van der Waals surface area (Å²) in [5.41, 5.74) is 2.30. The number of amides is 1. The highest BCUT2D eigenvalue weighted by atomic mass is 16.5. The Hall–Kier alpha value is -1.77. The molecule has 3 nitrogen and oxygen atoms in total. The molecule has 1 aromatic rings. The second kappa shape index (κ2) is 6.33. The normalized spacial score (nSPS) is 24.6. The smallest absolute Gasteiger partial charge is 0.244 e. The van der Waals surface area contributed by atoms with E-state index in [2.05, 4.69) is 18.3 Å². The number of carbonyl (C=O) groups is 1. The van der Waals surface area contributed by atoms with Gasteiger partial charge in [-0.25, -0.2) is 0 Å². The third kappa shape index (κ3) is 3.66. The number of fused-ring (bicyclic) bond motifs is 1. The Morgan fingerprint density at radius 3 is 2.90 bits per heavy atom. The summed E-state index contributed by atoms with van der Waals surface area (Å²) in [6.45, 7) is 3.05. The Labute approximate surface area is 126 Å². The lowest BCUT2D eigenvalue weighted by Gasteiger charge is -2.26. The van der Waals surface area contributed by atoms with Crippen LogP contribution in [0, 0.1) is 5.92 Å². The molecule has 1 aliphatic carbocycles. The molecule has 0 radical (unpaired) electrons. The molecule has 1 aromatic carbocycles. The fourth-order valence-corrected chi connectivity index (χ4v) is 3.14. The monoisotopic (exact) mass is 285 g/mol. The molecule has 0 spiro atoms. The van der Waals surface area contributed by atoms with Crippen molar-refractivity contribution in [1.29, 1.82) is 0 Å². The zero-order valence-electron chi connectivity index (χ0n) is 12.6. The van der Waals surface area contributed by atoms with Crippen molar-refractivity contribution in [1.82, 2.24) is 5.32 Å². The van der Waals surface area contributed by atoms with Crippen molar-refractivity contribution in [3.05, 3.63) is 35.4 Å². The van der Waals surface area contributed by atoms with Crippen molar-refractivity contribution < 1.29 is 9.53 Å². The van der Waals surface area contributed by atoms with Gasteiger partial charge in [-0.15, -0.1) is 0 Å². The van der Waals surface area contributed by atoms with E-state index in [4.69, 9.17) is 4.74 Å². The van der Waals surface area contributed by atoms with E-state index in [0.29, 0.717) is 6.04 Å². The van der Waals surface area contributed by atoms with Crippen molar-refractivity contribution in [2.75, 3.05) is 6.61 Å². The molecule has 2 aliphatic rings. The van der Waals surface area contributed by atoms with Crippen molar-refractivity contribution in [3.8, 4) is 5.75 Å². The van der Waals surface area contributed by atoms with E-state index in [9.17, 15) is 4.79 Å². The van der Waals surface area contributed by atoms with Crippen molar-refractivity contribution in [2.24, 2.45) is 5.92 Å². The summed E-state index contributed by atoms with van der Waals surface area (Å²) in [7, 11) is 0. The van der Waals surface area contributed by atoms with Crippen LogP contribution in [0.5, 0.6) is 5.75 Å². The van der Waals surface area contributed by atoms with E-state index in [1.165, 1.54) is 18.4 Å². The van der Waals surface area contributed by atoms with E-state index < -0.39 is 0 Å². The Morgan fingerprint density at radius 2 is 2.10 bits per heavy atom. The fourth-order valence-electron chi connectivity index (χ4n) is 3.14. The van der Waals surface area contributed by atoms with Gasteiger partial charge >= 0.3 is 0 Å². The minimum Gasteiger partial charge on any atom is -0.493 e. The van der Waals surface area contributed by atoms with E-state index in [-0.39, 0.29) is 5.91 Å². The maximum atomic E-state index is 12.0. The first-order valence-electron chi connectivity index (χ1n) is 7.95. The number of benzene rings is 1. The maximum absolute atomic E-state index is 12.0. The van der Waals surface area contributed by atoms with E-state index in [1.807, 2.05) is 18.2 Å². The molecule has 3 rings (SSSR count). The molecule has 0 bridgehead atoms. The molecule has 21 heavy (non-hydrogen) atoms. The molecule has 1 aliphatic heterocycles. The minimum absolute atomic E-state index is 0.0197. The van der Waals surface area contributed by atoms with Gasteiger partial charge in [-0.05, 0) is 60.9 Å². The zero-order valence-corrected chi connectivity index (χ0v) is 12.6. The number of ether oxygens (including phenoxy) is 1. The molecule has 0 saturated heterocycles. The Morgan fingerprint density at radius 1 is 1.29 bits per heavy atom. The maximum Gasteiger partial charge on any atom is 0.244 e. The lowest BCUT2D eigenvalue weighted by molar-refractivity contribution is -0.117. The van der Waals surface area contributed by atoms with Gasteiger partial charge < -0.3 is 10.1 Å². The van der Waals surface area contributed by atoms with Gasteiger partial charge in [0.05, 0.1) is 6.61 Å². The van der Waals surface area contributed by atoms with Gasteiger partial charge in [-0.3, -0.25) is 4.79 Å². The van der Waals surface area contributed by atoms with Crippen molar-refractivity contribution in [3.63, 3.8) is 0 Å². The second-order valence-electron chi connectivity index (χ2n) is 6.26. The molecule has 112 valence electrons. The molecule has 1 saturated carbocycles. The predicted molar refractivity (Wildman–Crippen MR) is 84.2 cm³/mol. The van der Waals surface area contributed by atoms with Crippen LogP contribution in [-0.4, -0.2) is 18.6 Å². The van der Waals surface area contributed by atoms with Crippen LogP contribution in [0.1, 0.15) is 43.7 Å². The first-order chi connectivity index (χ1) is 10.2. The molecule has 1 amide bonds. The van der Waals surface area contributed by atoms with Crippen LogP contribution >= 0.6 is 0 Å². The highest BCUT2D eigenvalue weighted by molar-refractivity contribution is 5.91. The van der Waals surface area contributed by atoms with E-state index >= 15 is 0 Å². The van der Waals surface area contributed by atoms with Crippen LogP contribution in [0.4, 0.5) is 0 Å². The summed E-state index contributed by atoms with van der Waals surface area (Å²) in [6.07, 6.45) is 9.16. The molecule has 3 heteroatoms. The highest BCUT2D eigenvalue weighted by Gasteiger charge is 2.18. The minimum atomic E-state index is 0.0197. The molecule has 1 fully saturated rings. The first-order valence-corrected chi connectivity index (χ1v) is 7.95. The summed E-state index contributed by atoms with van der Waals surface area (Å²) >= 11 is 0. The van der Waals surface area contributed by atoms with Gasteiger partial charge in [0.25, 0.3) is 0 Å². The average molecular weight is 285 g/mol. The quantitative estimate of drug-likeness (QED) is 0.865. The third-order valence-electron chi connectivity index (χ3n) is 4.50. The van der Waals surface area contributed by atoms with Gasteiger partial charge in [0.2, 0.25) is 5.91 Å². The topological polar surface area (TPSA) is 38.3 Å². The molecule has 0 unspecified atom stereocenters. The van der Waals surface area contributed by atoms with Crippen LogP contribution < -0.4 is 10.1 Å². The summed E-state index contributed by atoms with van der Waals surface area (Å²) in [4.78, 5) is 12.0. The first kappa shape index (κ1) is 14.2. The summed E-state index contributed by atoms with van der Waals surface area (Å²) in [5.74, 6) is 1.81. The highest BCUT2D eigenvalue weighted by Crippen LogP contribution is 2.26. The van der Waals surface area contributed by atoms with Gasteiger partial charge in [-0.2, -0.15) is 0 Å². The van der Waals surface area contributed by atoms with Crippen LogP contribution in [0.15, 0.2) is 24.3 Å². The molecule has 1 heterocycles. The van der Waals surface area contributed by atoms with E-state index in [1.54, 1.807) is 6.08 Å². The van der Waals surface area contributed by atoms with Gasteiger partial charge in [0.1, 0.15) is 5.75 Å². The Bertz CT molecular complexity index is 542. The summed E-state index contributed by atoms with van der Waals surface area (Å²) in [5, 5.41) is 3.11. The van der Waals surface area contributed by atoms with Crippen LogP contribution in [-0.2, 0) is 11.2 Å². The largest absolute Gasteiger partial charge is 0.493 e. The molecule has 1 N–H and O–H groups in total. The van der Waals surface area contributed by atoms with Crippen molar-refractivity contribution >= 4 is 12.0 Å². The zero-order chi connectivity index (χ0) is 14.7. The molecule has 0 atom stereocenters. The van der Waals surface area contributed by atoms with Crippen molar-refractivity contribution in [2.45, 2.75) is 45.1 Å².